The number of halogens is 2. The molecule has 0 radical (unpaired) electrons. The fourth-order valence-corrected chi connectivity index (χ4v) is 2.87. The molecule has 0 bridgehead atoms. The quantitative estimate of drug-likeness (QED) is 0.552. The third-order valence-electron chi connectivity index (χ3n) is 1.78. The average molecular weight is 380 g/mol. The molecule has 1 aromatic heterocycles. The Morgan fingerprint density at radius 2 is 2.00 bits per heavy atom. The number of thiazole rings is 1. The van der Waals surface area contributed by atoms with Crippen LogP contribution < -0.4 is 0 Å². The number of hydrogen-bond donors (Lipinski definition) is 0. The minimum atomic E-state index is 0.977. The van der Waals surface area contributed by atoms with Crippen LogP contribution in [0.5, 0.6) is 0 Å². The summed E-state index contributed by atoms with van der Waals surface area (Å²) >= 11 is 7.45. The van der Waals surface area contributed by atoms with Gasteiger partial charge < -0.3 is 0 Å². The highest BCUT2D eigenvalue weighted by atomic mass is 127. The molecule has 0 saturated heterocycles. The highest BCUT2D eigenvalue weighted by molar-refractivity contribution is 14.1. The Morgan fingerprint density at radius 3 is 2.57 bits per heavy atom. The van der Waals surface area contributed by atoms with Crippen LogP contribution in [0.2, 0.25) is 0 Å². The second kappa shape index (κ2) is 4.72. The monoisotopic (exact) mass is 379 g/mol. The third-order valence-corrected chi connectivity index (χ3v) is 4.03. The molecule has 0 aliphatic heterocycles. The molecule has 14 heavy (non-hydrogen) atoms. The summed E-state index contributed by atoms with van der Waals surface area (Å²) in [7, 11) is 0. The lowest BCUT2D eigenvalue weighted by Gasteiger charge is -1.95. The van der Waals surface area contributed by atoms with Gasteiger partial charge in [-0.15, -0.1) is 11.3 Å². The Hall–Kier alpha value is 0.0600. The van der Waals surface area contributed by atoms with E-state index in [0.717, 1.165) is 19.6 Å². The van der Waals surface area contributed by atoms with Gasteiger partial charge >= 0.3 is 0 Å². The molecule has 1 nitrogen and oxygen atoms in total. The van der Waals surface area contributed by atoms with Crippen molar-refractivity contribution < 1.29 is 0 Å². The first-order valence-electron chi connectivity index (χ1n) is 4.06. The summed E-state index contributed by atoms with van der Waals surface area (Å²) in [5.74, 6) is 0. The van der Waals surface area contributed by atoms with Crippen molar-refractivity contribution in [3.8, 4) is 10.6 Å². The summed E-state index contributed by atoms with van der Waals surface area (Å²) in [5.41, 5.74) is 2.35. The Labute approximate surface area is 109 Å². The van der Waals surface area contributed by atoms with E-state index in [1.807, 2.05) is 12.1 Å². The van der Waals surface area contributed by atoms with Gasteiger partial charge in [0.1, 0.15) is 5.01 Å². The van der Waals surface area contributed by atoms with Crippen LogP contribution in [0.1, 0.15) is 5.69 Å². The zero-order valence-corrected chi connectivity index (χ0v) is 11.8. The second-order valence-corrected chi connectivity index (χ2v) is 5.32. The molecule has 0 spiro atoms. The van der Waals surface area contributed by atoms with Crippen LogP contribution in [-0.4, -0.2) is 4.98 Å². The maximum atomic E-state index is 4.52. The minimum absolute atomic E-state index is 0.977. The molecule has 1 aromatic carbocycles. The molecular formula is C10H7BrINS. The van der Waals surface area contributed by atoms with Crippen LogP contribution in [-0.2, 0) is 4.43 Å². The zero-order valence-electron chi connectivity index (χ0n) is 7.21. The van der Waals surface area contributed by atoms with E-state index < -0.39 is 0 Å². The van der Waals surface area contributed by atoms with Gasteiger partial charge in [-0.1, -0.05) is 50.7 Å². The fraction of sp³-hybridized carbons (Fsp3) is 0.100. The number of nitrogens with zero attached hydrogens (tertiary/aromatic N) is 1. The van der Waals surface area contributed by atoms with E-state index in [2.05, 4.69) is 61.0 Å². The molecule has 0 fully saturated rings. The van der Waals surface area contributed by atoms with Crippen molar-refractivity contribution in [2.75, 3.05) is 0 Å². The lowest BCUT2D eigenvalue weighted by atomic mass is 10.2. The first-order valence-corrected chi connectivity index (χ1v) is 7.26. The topological polar surface area (TPSA) is 12.9 Å². The van der Waals surface area contributed by atoms with Gasteiger partial charge in [0.25, 0.3) is 0 Å². The fourth-order valence-electron chi connectivity index (χ4n) is 1.09. The smallest absolute Gasteiger partial charge is 0.123 e. The molecule has 0 amide bonds. The first kappa shape index (κ1) is 10.6. The van der Waals surface area contributed by atoms with E-state index in [1.165, 1.54) is 5.56 Å². The van der Waals surface area contributed by atoms with Crippen LogP contribution in [0.3, 0.4) is 0 Å². The second-order valence-electron chi connectivity index (χ2n) is 2.78. The molecule has 0 atom stereocenters. The van der Waals surface area contributed by atoms with Crippen molar-refractivity contribution in [1.29, 1.82) is 0 Å². The van der Waals surface area contributed by atoms with Crippen molar-refractivity contribution in [3.63, 3.8) is 0 Å². The average Bonchev–Trinajstić information content (AvgIpc) is 2.67. The van der Waals surface area contributed by atoms with Crippen molar-refractivity contribution >= 4 is 49.9 Å². The molecule has 4 heteroatoms. The summed E-state index contributed by atoms with van der Waals surface area (Å²) < 4.78 is 2.08. The van der Waals surface area contributed by atoms with Crippen LogP contribution in [0.15, 0.2) is 34.1 Å². The molecule has 0 aliphatic rings. The van der Waals surface area contributed by atoms with E-state index in [-0.39, 0.29) is 0 Å². The van der Waals surface area contributed by atoms with Gasteiger partial charge in [-0.05, 0) is 12.1 Å². The van der Waals surface area contributed by atoms with Gasteiger partial charge in [0.2, 0.25) is 0 Å². The predicted octanol–water partition coefficient (Wildman–Crippen LogP) is 4.51. The summed E-state index contributed by atoms with van der Waals surface area (Å²) in [6.45, 7) is 0. The standard InChI is InChI=1S/C10H7BrINS/c11-8-3-1-7(2-4-8)10-13-9(5-12)6-14-10/h1-4,6H,5H2. The SMILES string of the molecule is Brc1ccc(-c2nc(CI)cs2)cc1. The van der Waals surface area contributed by atoms with Crippen LogP contribution >= 0.6 is 49.9 Å². The molecule has 0 N–H and O–H groups in total. The number of hydrogen-bond acceptors (Lipinski definition) is 2. The van der Waals surface area contributed by atoms with E-state index in [0.29, 0.717) is 0 Å². The summed E-state index contributed by atoms with van der Waals surface area (Å²) in [6, 6.07) is 8.25. The number of aromatic nitrogens is 1. The molecule has 0 saturated carbocycles. The molecule has 0 unspecified atom stereocenters. The van der Waals surface area contributed by atoms with Gasteiger partial charge in [-0.25, -0.2) is 4.98 Å². The van der Waals surface area contributed by atoms with E-state index in [9.17, 15) is 0 Å². The molecule has 2 rings (SSSR count). The van der Waals surface area contributed by atoms with Gasteiger partial charge in [-0.2, -0.15) is 0 Å². The molecule has 1 heterocycles. The summed E-state index contributed by atoms with van der Waals surface area (Å²) in [5, 5.41) is 3.22. The van der Waals surface area contributed by atoms with Crippen molar-refractivity contribution in [1.82, 2.24) is 4.98 Å². The third kappa shape index (κ3) is 2.35. The lowest BCUT2D eigenvalue weighted by Crippen LogP contribution is -1.78. The first-order chi connectivity index (χ1) is 6.79. The Morgan fingerprint density at radius 1 is 1.29 bits per heavy atom. The highest BCUT2D eigenvalue weighted by Gasteiger charge is 2.02. The maximum Gasteiger partial charge on any atom is 0.123 e. The van der Waals surface area contributed by atoms with Gasteiger partial charge in [0.15, 0.2) is 0 Å². The Balaban J connectivity index is 2.34. The molecule has 72 valence electrons. The number of alkyl halides is 1. The molecule has 0 aliphatic carbocycles. The zero-order chi connectivity index (χ0) is 9.97. The van der Waals surface area contributed by atoms with Gasteiger partial charge in [0.05, 0.1) is 5.69 Å². The van der Waals surface area contributed by atoms with E-state index >= 15 is 0 Å². The number of benzene rings is 1. The van der Waals surface area contributed by atoms with Crippen LogP contribution in [0.25, 0.3) is 10.6 Å². The van der Waals surface area contributed by atoms with Crippen molar-refractivity contribution in [2.45, 2.75) is 4.43 Å². The van der Waals surface area contributed by atoms with Crippen molar-refractivity contribution in [3.05, 3.63) is 39.8 Å². The minimum Gasteiger partial charge on any atom is -0.240 e. The normalized spacial score (nSPS) is 10.4. The molecular weight excluding hydrogens is 373 g/mol. The largest absolute Gasteiger partial charge is 0.240 e. The van der Waals surface area contributed by atoms with Crippen LogP contribution in [0, 0.1) is 0 Å². The van der Waals surface area contributed by atoms with E-state index in [1.54, 1.807) is 11.3 Å². The number of rotatable bonds is 2. The highest BCUT2D eigenvalue weighted by Crippen LogP contribution is 2.25. The lowest BCUT2D eigenvalue weighted by molar-refractivity contribution is 1.26. The van der Waals surface area contributed by atoms with Gasteiger partial charge in [-0.3, -0.25) is 0 Å². The summed E-state index contributed by atoms with van der Waals surface area (Å²) in [4.78, 5) is 4.52. The van der Waals surface area contributed by atoms with E-state index in [4.69, 9.17) is 0 Å². The Kier molecular flexibility index (Phi) is 3.57. The Bertz CT molecular complexity index is 424. The maximum absolute atomic E-state index is 4.52. The van der Waals surface area contributed by atoms with Crippen molar-refractivity contribution in [2.24, 2.45) is 0 Å². The van der Waals surface area contributed by atoms with Crippen LogP contribution in [0.4, 0.5) is 0 Å². The predicted molar refractivity (Wildman–Crippen MR) is 73.0 cm³/mol. The molecule has 2 aromatic rings. The summed E-state index contributed by atoms with van der Waals surface area (Å²) in [6.07, 6.45) is 0. The van der Waals surface area contributed by atoms with Gasteiger partial charge in [0, 0.05) is 19.8 Å².